The largest absolute Gasteiger partial charge is 0.344 e. The Labute approximate surface area is 123 Å². The summed E-state index contributed by atoms with van der Waals surface area (Å²) in [5.74, 6) is 0.644. The third-order valence-corrected chi connectivity index (χ3v) is 3.71. The lowest BCUT2D eigenvalue weighted by Gasteiger charge is -2.22. The van der Waals surface area contributed by atoms with Gasteiger partial charge in [-0.3, -0.25) is 9.59 Å². The van der Waals surface area contributed by atoms with Crippen LogP contribution in [0.4, 0.5) is 0 Å². The summed E-state index contributed by atoms with van der Waals surface area (Å²) in [5.41, 5.74) is 0.532. The number of amides is 1. The first-order valence-corrected chi connectivity index (χ1v) is 6.91. The summed E-state index contributed by atoms with van der Waals surface area (Å²) in [4.78, 5) is 33.7. The highest BCUT2D eigenvalue weighted by atomic mass is 16.2. The van der Waals surface area contributed by atoms with Crippen molar-refractivity contribution in [2.24, 2.45) is 0 Å². The van der Waals surface area contributed by atoms with Gasteiger partial charge in [0, 0.05) is 14.1 Å². The highest BCUT2D eigenvalue weighted by Crippen LogP contribution is 2.08. The molecule has 21 heavy (non-hydrogen) atoms. The van der Waals surface area contributed by atoms with Crippen molar-refractivity contribution in [3.05, 3.63) is 40.4 Å². The minimum absolute atomic E-state index is 0.0440. The van der Waals surface area contributed by atoms with Crippen LogP contribution in [0.2, 0.25) is 0 Å². The zero-order valence-corrected chi connectivity index (χ0v) is 12.8. The molecular weight excluding hydrogens is 268 g/mol. The third kappa shape index (κ3) is 3.28. The van der Waals surface area contributed by atoms with Crippen molar-refractivity contribution >= 4 is 16.8 Å². The molecule has 2 rings (SSSR count). The van der Waals surface area contributed by atoms with E-state index in [0.717, 1.165) is 4.90 Å². The number of quaternary nitrogens is 1. The van der Waals surface area contributed by atoms with Crippen molar-refractivity contribution in [1.82, 2.24) is 14.9 Å². The van der Waals surface area contributed by atoms with Gasteiger partial charge in [0.15, 0.2) is 12.4 Å². The van der Waals surface area contributed by atoms with Crippen LogP contribution in [0.3, 0.4) is 0 Å². The van der Waals surface area contributed by atoms with Gasteiger partial charge in [-0.2, -0.15) is 0 Å². The first-order valence-electron chi connectivity index (χ1n) is 6.91. The predicted molar refractivity (Wildman–Crippen MR) is 81.2 cm³/mol. The van der Waals surface area contributed by atoms with Gasteiger partial charge in [0.25, 0.3) is 11.5 Å². The van der Waals surface area contributed by atoms with Crippen molar-refractivity contribution in [3.63, 3.8) is 0 Å². The van der Waals surface area contributed by atoms with E-state index in [9.17, 15) is 9.59 Å². The lowest BCUT2D eigenvalue weighted by Crippen LogP contribution is -3.10. The lowest BCUT2D eigenvalue weighted by atomic mass is 10.2. The van der Waals surface area contributed by atoms with Crippen LogP contribution in [0, 0.1) is 0 Å². The Balaban J connectivity index is 2.29. The molecule has 0 aliphatic rings. The topological polar surface area (TPSA) is 70.5 Å². The second-order valence-corrected chi connectivity index (χ2v) is 5.50. The van der Waals surface area contributed by atoms with Crippen LogP contribution in [0.5, 0.6) is 0 Å². The number of fused-ring (bicyclic) bond motifs is 1. The maximum absolute atomic E-state index is 12.1. The molecule has 0 fully saturated rings. The highest BCUT2D eigenvalue weighted by molar-refractivity contribution is 5.77. The van der Waals surface area contributed by atoms with Crippen LogP contribution in [-0.2, 0) is 4.79 Å². The SMILES string of the molecule is C[C@H](c1nc2ccccc2c(=O)[nH]1)[NH+](C)CC(=O)N(C)C. The third-order valence-electron chi connectivity index (χ3n) is 3.71. The summed E-state index contributed by atoms with van der Waals surface area (Å²) < 4.78 is 0. The Morgan fingerprint density at radius 2 is 2.05 bits per heavy atom. The number of carbonyl (C=O) groups is 1. The van der Waals surface area contributed by atoms with Crippen molar-refractivity contribution in [2.45, 2.75) is 13.0 Å². The van der Waals surface area contributed by atoms with E-state index in [1.807, 2.05) is 32.2 Å². The number of hydrogen-bond acceptors (Lipinski definition) is 3. The number of aromatic nitrogens is 2. The number of rotatable bonds is 4. The molecule has 0 saturated carbocycles. The number of H-pyrrole nitrogens is 1. The Morgan fingerprint density at radius 1 is 1.38 bits per heavy atom. The van der Waals surface area contributed by atoms with E-state index < -0.39 is 0 Å². The zero-order chi connectivity index (χ0) is 15.6. The lowest BCUT2D eigenvalue weighted by molar-refractivity contribution is -0.903. The van der Waals surface area contributed by atoms with Crippen LogP contribution in [0.1, 0.15) is 18.8 Å². The van der Waals surface area contributed by atoms with Gasteiger partial charge in [-0.05, 0) is 19.1 Å². The van der Waals surface area contributed by atoms with Crippen molar-refractivity contribution in [2.75, 3.05) is 27.7 Å². The van der Waals surface area contributed by atoms with Crippen LogP contribution in [0.25, 0.3) is 10.9 Å². The maximum atomic E-state index is 12.1. The molecule has 1 amide bonds. The monoisotopic (exact) mass is 289 g/mol. The number of likely N-dealkylation sites (N-methyl/N-ethyl adjacent to an activating group) is 2. The van der Waals surface area contributed by atoms with E-state index in [0.29, 0.717) is 23.3 Å². The molecule has 0 aliphatic carbocycles. The second kappa shape index (κ2) is 6.05. The molecule has 2 N–H and O–H groups in total. The molecule has 1 unspecified atom stereocenters. The minimum atomic E-state index is -0.144. The Kier molecular flexibility index (Phi) is 4.37. The number of carbonyl (C=O) groups excluding carboxylic acids is 1. The maximum Gasteiger partial charge on any atom is 0.277 e. The summed E-state index contributed by atoms with van der Waals surface area (Å²) in [6.07, 6.45) is 0. The molecule has 6 nitrogen and oxygen atoms in total. The number of aromatic amines is 1. The van der Waals surface area contributed by atoms with Gasteiger partial charge in [0.1, 0.15) is 6.04 Å². The van der Waals surface area contributed by atoms with Gasteiger partial charge in [-0.15, -0.1) is 0 Å². The zero-order valence-electron chi connectivity index (χ0n) is 12.8. The Hall–Kier alpha value is -2.21. The standard InChI is InChI=1S/C15H20N4O2/c1-10(19(4)9-13(20)18(2)3)14-16-12-8-6-5-7-11(12)15(21)17-14/h5-8,10H,9H2,1-4H3,(H,16,17,21)/p+1/t10-/m1/s1. The van der Waals surface area contributed by atoms with E-state index in [-0.39, 0.29) is 17.5 Å². The average Bonchev–Trinajstić information content (AvgIpc) is 2.46. The minimum Gasteiger partial charge on any atom is -0.344 e. The van der Waals surface area contributed by atoms with Crippen LogP contribution >= 0.6 is 0 Å². The number of hydrogen-bond donors (Lipinski definition) is 2. The quantitative estimate of drug-likeness (QED) is 0.804. The Bertz CT molecular complexity index is 708. The summed E-state index contributed by atoms with van der Waals surface area (Å²) in [6, 6.07) is 7.17. The van der Waals surface area contributed by atoms with Crippen LogP contribution in [0.15, 0.2) is 29.1 Å². The van der Waals surface area contributed by atoms with Gasteiger partial charge in [0.2, 0.25) is 0 Å². The molecule has 2 aromatic rings. The van der Waals surface area contributed by atoms with E-state index >= 15 is 0 Å². The molecule has 1 aromatic carbocycles. The van der Waals surface area contributed by atoms with Crippen molar-refractivity contribution < 1.29 is 9.69 Å². The smallest absolute Gasteiger partial charge is 0.277 e. The summed E-state index contributed by atoms with van der Waals surface area (Å²) >= 11 is 0. The van der Waals surface area contributed by atoms with Gasteiger partial charge in [-0.25, -0.2) is 4.98 Å². The van der Waals surface area contributed by atoms with E-state index in [2.05, 4.69) is 9.97 Å². The van der Waals surface area contributed by atoms with Crippen LogP contribution in [-0.4, -0.2) is 48.5 Å². The fourth-order valence-electron chi connectivity index (χ4n) is 2.09. The molecule has 2 atom stereocenters. The first-order chi connectivity index (χ1) is 9.90. The number of benzene rings is 1. The van der Waals surface area contributed by atoms with Crippen LogP contribution < -0.4 is 10.5 Å². The van der Waals surface area contributed by atoms with Gasteiger partial charge in [0.05, 0.1) is 18.0 Å². The predicted octanol–water partition coefficient (Wildman–Crippen LogP) is -0.413. The second-order valence-electron chi connectivity index (χ2n) is 5.50. The van der Waals surface area contributed by atoms with Gasteiger partial charge in [-0.1, -0.05) is 12.1 Å². The highest BCUT2D eigenvalue weighted by Gasteiger charge is 2.22. The normalized spacial score (nSPS) is 13.9. The summed E-state index contributed by atoms with van der Waals surface area (Å²) in [6.45, 7) is 2.30. The fourth-order valence-corrected chi connectivity index (χ4v) is 2.09. The van der Waals surface area contributed by atoms with E-state index in [1.165, 1.54) is 0 Å². The molecule has 0 aliphatic heterocycles. The average molecular weight is 289 g/mol. The molecule has 112 valence electrons. The van der Waals surface area contributed by atoms with E-state index in [4.69, 9.17) is 0 Å². The molecular formula is C15H21N4O2+. The Morgan fingerprint density at radius 3 is 2.71 bits per heavy atom. The molecule has 0 saturated heterocycles. The number of para-hydroxylation sites is 1. The van der Waals surface area contributed by atoms with E-state index in [1.54, 1.807) is 25.1 Å². The summed E-state index contributed by atoms with van der Waals surface area (Å²) in [7, 11) is 5.38. The molecule has 6 heteroatoms. The van der Waals surface area contributed by atoms with Gasteiger partial charge < -0.3 is 14.8 Å². The first kappa shape index (κ1) is 15.2. The molecule has 0 spiro atoms. The fraction of sp³-hybridized carbons (Fsp3) is 0.400. The number of nitrogens with zero attached hydrogens (tertiary/aromatic N) is 2. The molecule has 0 radical (unpaired) electrons. The van der Waals surface area contributed by atoms with Gasteiger partial charge >= 0.3 is 0 Å². The molecule has 0 bridgehead atoms. The molecule has 1 aromatic heterocycles. The summed E-state index contributed by atoms with van der Waals surface area (Å²) in [5, 5.41) is 0.579. The number of nitrogens with one attached hydrogen (secondary N) is 2. The van der Waals surface area contributed by atoms with Crippen molar-refractivity contribution in [3.8, 4) is 0 Å². The molecule has 1 heterocycles. The van der Waals surface area contributed by atoms with Crippen molar-refractivity contribution in [1.29, 1.82) is 0 Å².